The van der Waals surface area contributed by atoms with Crippen molar-refractivity contribution in [2.75, 3.05) is 30.9 Å². The quantitative estimate of drug-likeness (QED) is 0.672. The summed E-state index contributed by atoms with van der Waals surface area (Å²) < 4.78 is 26.0. The van der Waals surface area contributed by atoms with E-state index in [1.165, 1.54) is 0 Å². The molecule has 1 fully saturated rings. The number of thioether (sulfide) groups is 1. The molecule has 0 amide bonds. The monoisotopic (exact) mass is 252 g/mol. The van der Waals surface area contributed by atoms with Gasteiger partial charge in [0.15, 0.2) is 0 Å². The van der Waals surface area contributed by atoms with Crippen LogP contribution in [0.5, 0.6) is 0 Å². The number of rotatable bonds is 6. The number of nitrogens with one attached hydrogen (secondary N) is 2. The summed E-state index contributed by atoms with van der Waals surface area (Å²) in [5.74, 6) is 2.32. The molecule has 0 aromatic carbocycles. The molecule has 1 aliphatic rings. The highest BCUT2D eigenvalue weighted by Gasteiger charge is 2.19. The summed E-state index contributed by atoms with van der Waals surface area (Å²) in [4.78, 5) is 0. The highest BCUT2D eigenvalue weighted by molar-refractivity contribution is 7.99. The number of hydrogen-bond donors (Lipinski definition) is 2. The Morgan fingerprint density at radius 1 is 1.47 bits per heavy atom. The van der Waals surface area contributed by atoms with Crippen molar-refractivity contribution in [1.82, 2.24) is 10.0 Å². The summed E-state index contributed by atoms with van der Waals surface area (Å²) in [6, 6.07) is 0.156. The molecule has 0 aromatic heterocycles. The fourth-order valence-electron chi connectivity index (χ4n) is 1.59. The first kappa shape index (κ1) is 13.3. The van der Waals surface area contributed by atoms with E-state index in [0.29, 0.717) is 6.42 Å². The van der Waals surface area contributed by atoms with Gasteiger partial charge >= 0.3 is 0 Å². The lowest BCUT2D eigenvalue weighted by molar-refractivity contribution is 0.540. The van der Waals surface area contributed by atoms with Crippen LogP contribution in [0, 0.1) is 0 Å². The van der Waals surface area contributed by atoms with Crippen LogP contribution >= 0.6 is 11.8 Å². The van der Waals surface area contributed by atoms with Crippen LogP contribution in [-0.2, 0) is 10.0 Å². The third-order valence-electron chi connectivity index (χ3n) is 2.35. The smallest absolute Gasteiger partial charge is 0.211 e. The first-order valence-electron chi connectivity index (χ1n) is 5.36. The first-order valence-corrected chi connectivity index (χ1v) is 8.17. The van der Waals surface area contributed by atoms with Gasteiger partial charge in [-0.15, -0.1) is 0 Å². The van der Waals surface area contributed by atoms with Crippen molar-refractivity contribution >= 4 is 21.8 Å². The van der Waals surface area contributed by atoms with Gasteiger partial charge in [0.25, 0.3) is 0 Å². The Balaban J connectivity index is 2.27. The average molecular weight is 252 g/mol. The molecule has 0 spiro atoms. The van der Waals surface area contributed by atoms with Crippen LogP contribution in [0.1, 0.15) is 19.3 Å². The molecule has 1 rings (SSSR count). The predicted molar refractivity (Wildman–Crippen MR) is 65.8 cm³/mol. The van der Waals surface area contributed by atoms with Crippen molar-refractivity contribution in [3.63, 3.8) is 0 Å². The molecule has 1 atom stereocenters. The standard InChI is InChI=1S/C9H20N2O2S2/c1-10-5-3-7-15(12,13)11-9-4-2-6-14-8-9/h9-11H,2-8H2,1H3. The zero-order chi connectivity index (χ0) is 11.1. The van der Waals surface area contributed by atoms with Crippen LogP contribution < -0.4 is 10.0 Å². The second-order valence-electron chi connectivity index (χ2n) is 3.81. The van der Waals surface area contributed by atoms with Gasteiger partial charge in [-0.2, -0.15) is 11.8 Å². The van der Waals surface area contributed by atoms with Gasteiger partial charge in [-0.3, -0.25) is 0 Å². The van der Waals surface area contributed by atoms with Crippen LogP contribution in [0.15, 0.2) is 0 Å². The van der Waals surface area contributed by atoms with E-state index in [0.717, 1.165) is 30.9 Å². The van der Waals surface area contributed by atoms with Crippen molar-refractivity contribution in [3.05, 3.63) is 0 Å². The largest absolute Gasteiger partial charge is 0.320 e. The topological polar surface area (TPSA) is 58.2 Å². The molecule has 0 bridgehead atoms. The molecule has 0 aromatic rings. The maximum absolute atomic E-state index is 11.6. The zero-order valence-corrected chi connectivity index (χ0v) is 10.8. The maximum Gasteiger partial charge on any atom is 0.211 e. The maximum atomic E-state index is 11.6. The van der Waals surface area contributed by atoms with Crippen molar-refractivity contribution in [2.24, 2.45) is 0 Å². The second-order valence-corrected chi connectivity index (χ2v) is 6.83. The fourth-order valence-corrected chi connectivity index (χ4v) is 4.11. The molecule has 0 saturated carbocycles. The Kier molecular flexibility index (Phi) is 5.96. The molecule has 1 unspecified atom stereocenters. The Bertz CT molecular complexity index is 261. The second kappa shape index (κ2) is 6.73. The van der Waals surface area contributed by atoms with Gasteiger partial charge in [-0.1, -0.05) is 0 Å². The SMILES string of the molecule is CNCCCS(=O)(=O)NC1CCCSC1. The highest BCUT2D eigenvalue weighted by atomic mass is 32.2. The van der Waals surface area contributed by atoms with Crippen LogP contribution in [0.3, 0.4) is 0 Å². The Labute approximate surface area is 96.6 Å². The van der Waals surface area contributed by atoms with E-state index in [9.17, 15) is 8.42 Å². The minimum absolute atomic E-state index is 0.156. The molecular formula is C9H20N2O2S2. The van der Waals surface area contributed by atoms with E-state index < -0.39 is 10.0 Å². The Hall–Kier alpha value is 0.220. The van der Waals surface area contributed by atoms with E-state index in [1.54, 1.807) is 0 Å². The zero-order valence-electron chi connectivity index (χ0n) is 9.16. The summed E-state index contributed by atoms with van der Waals surface area (Å²) in [6.45, 7) is 0.750. The number of hydrogen-bond acceptors (Lipinski definition) is 4. The van der Waals surface area contributed by atoms with Crippen LogP contribution in [0.4, 0.5) is 0 Å². The lowest BCUT2D eigenvalue weighted by atomic mass is 10.2. The number of sulfonamides is 1. The first-order chi connectivity index (χ1) is 7.14. The third kappa shape index (κ3) is 5.75. The normalized spacial score (nSPS) is 22.9. The van der Waals surface area contributed by atoms with Crippen molar-refractivity contribution < 1.29 is 8.42 Å². The average Bonchev–Trinajstić information content (AvgIpc) is 2.18. The fraction of sp³-hybridized carbons (Fsp3) is 1.00. The molecule has 2 N–H and O–H groups in total. The van der Waals surface area contributed by atoms with Gasteiger partial charge in [-0.25, -0.2) is 13.1 Å². The minimum Gasteiger partial charge on any atom is -0.320 e. The van der Waals surface area contributed by atoms with Crippen LogP contribution in [-0.4, -0.2) is 45.3 Å². The molecule has 6 heteroatoms. The van der Waals surface area contributed by atoms with Gasteiger partial charge in [0.05, 0.1) is 5.75 Å². The minimum atomic E-state index is -3.06. The summed E-state index contributed by atoms with van der Waals surface area (Å²) in [7, 11) is -1.23. The highest BCUT2D eigenvalue weighted by Crippen LogP contribution is 2.17. The summed E-state index contributed by atoms with van der Waals surface area (Å²) in [6.07, 6.45) is 2.78. The summed E-state index contributed by atoms with van der Waals surface area (Å²) in [5.41, 5.74) is 0. The van der Waals surface area contributed by atoms with E-state index in [-0.39, 0.29) is 11.8 Å². The molecule has 1 heterocycles. The van der Waals surface area contributed by atoms with E-state index in [2.05, 4.69) is 10.0 Å². The molecule has 90 valence electrons. The van der Waals surface area contributed by atoms with Gasteiger partial charge in [0.2, 0.25) is 10.0 Å². The molecule has 0 radical (unpaired) electrons. The van der Waals surface area contributed by atoms with E-state index in [4.69, 9.17) is 0 Å². The Morgan fingerprint density at radius 2 is 2.27 bits per heavy atom. The van der Waals surface area contributed by atoms with Gasteiger partial charge in [-0.05, 0) is 38.6 Å². The van der Waals surface area contributed by atoms with Crippen molar-refractivity contribution in [1.29, 1.82) is 0 Å². The summed E-state index contributed by atoms with van der Waals surface area (Å²) in [5, 5.41) is 2.95. The van der Waals surface area contributed by atoms with Gasteiger partial charge in [0.1, 0.15) is 0 Å². The van der Waals surface area contributed by atoms with Gasteiger partial charge < -0.3 is 5.32 Å². The molecular weight excluding hydrogens is 232 g/mol. The summed E-state index contributed by atoms with van der Waals surface area (Å²) >= 11 is 1.83. The molecule has 0 aliphatic carbocycles. The van der Waals surface area contributed by atoms with Crippen molar-refractivity contribution in [3.8, 4) is 0 Å². The molecule has 1 saturated heterocycles. The van der Waals surface area contributed by atoms with Crippen LogP contribution in [0.2, 0.25) is 0 Å². The third-order valence-corrected chi connectivity index (χ3v) is 5.08. The Morgan fingerprint density at radius 3 is 2.87 bits per heavy atom. The van der Waals surface area contributed by atoms with E-state index >= 15 is 0 Å². The van der Waals surface area contributed by atoms with Gasteiger partial charge in [0, 0.05) is 11.8 Å². The van der Waals surface area contributed by atoms with E-state index in [1.807, 2.05) is 18.8 Å². The molecule has 1 aliphatic heterocycles. The molecule has 15 heavy (non-hydrogen) atoms. The predicted octanol–water partition coefficient (Wildman–Crippen LogP) is 0.411. The lowest BCUT2D eigenvalue weighted by Crippen LogP contribution is -2.39. The molecule has 4 nitrogen and oxygen atoms in total. The van der Waals surface area contributed by atoms with Crippen molar-refractivity contribution in [2.45, 2.75) is 25.3 Å². The lowest BCUT2D eigenvalue weighted by Gasteiger charge is -2.22. The van der Waals surface area contributed by atoms with Crippen LogP contribution in [0.25, 0.3) is 0 Å².